The van der Waals surface area contributed by atoms with E-state index in [1.165, 1.54) is 0 Å². The first kappa shape index (κ1) is 15.5. The van der Waals surface area contributed by atoms with Gasteiger partial charge in [0.15, 0.2) is 5.78 Å². The second-order valence-electron chi connectivity index (χ2n) is 5.34. The summed E-state index contributed by atoms with van der Waals surface area (Å²) in [6, 6.07) is 5.34. The summed E-state index contributed by atoms with van der Waals surface area (Å²) >= 11 is 0. The Morgan fingerprint density at radius 2 is 1.89 bits per heavy atom. The van der Waals surface area contributed by atoms with Gasteiger partial charge in [0.2, 0.25) is 0 Å². The van der Waals surface area contributed by atoms with Crippen LogP contribution >= 0.6 is 0 Å². The number of carbonyl (C=O) groups is 1. The van der Waals surface area contributed by atoms with E-state index in [0.29, 0.717) is 29.5 Å². The Morgan fingerprint density at radius 3 is 2.37 bits per heavy atom. The Hall–Kier alpha value is -1.51. The van der Waals surface area contributed by atoms with Gasteiger partial charge in [0.25, 0.3) is 0 Å². The molecule has 3 nitrogen and oxygen atoms in total. The second-order valence-corrected chi connectivity index (χ2v) is 5.34. The molecule has 0 fully saturated rings. The molecule has 0 saturated carbocycles. The summed E-state index contributed by atoms with van der Waals surface area (Å²) in [6.45, 7) is 8.87. The normalized spacial score (nSPS) is 11.1. The summed E-state index contributed by atoms with van der Waals surface area (Å²) < 4.78 is 5.61. The van der Waals surface area contributed by atoms with E-state index in [1.807, 2.05) is 19.9 Å². The van der Waals surface area contributed by atoms with Crippen LogP contribution < -0.4 is 10.5 Å². The van der Waals surface area contributed by atoms with E-state index in [2.05, 4.69) is 13.8 Å². The van der Waals surface area contributed by atoms with Crippen LogP contribution in [0.1, 0.15) is 50.9 Å². The van der Waals surface area contributed by atoms with Crippen LogP contribution in [-0.4, -0.2) is 12.4 Å². The van der Waals surface area contributed by atoms with Gasteiger partial charge in [-0.25, -0.2) is 0 Å². The third kappa shape index (κ3) is 4.27. The number of Topliss-reactive ketones (excluding diaryl/α,β-unsaturated/α-hetero) is 1. The molecule has 1 aromatic carbocycles. The molecule has 0 aliphatic rings. The molecule has 0 amide bonds. The Balaban J connectivity index is 2.84. The van der Waals surface area contributed by atoms with Crippen LogP contribution in [0.2, 0.25) is 0 Å². The molecule has 106 valence electrons. The van der Waals surface area contributed by atoms with Crippen molar-refractivity contribution in [3.63, 3.8) is 0 Å². The van der Waals surface area contributed by atoms with Gasteiger partial charge in [0.05, 0.1) is 12.3 Å². The van der Waals surface area contributed by atoms with Crippen LogP contribution in [0.3, 0.4) is 0 Å². The zero-order valence-electron chi connectivity index (χ0n) is 12.4. The predicted octanol–water partition coefficient (Wildman–Crippen LogP) is 3.92. The number of carbonyl (C=O) groups excluding carboxylic acids is 1. The van der Waals surface area contributed by atoms with Gasteiger partial charge in [0, 0.05) is 11.5 Å². The minimum Gasteiger partial charge on any atom is -0.491 e. The highest BCUT2D eigenvalue weighted by molar-refractivity contribution is 5.98. The number of nitrogens with two attached hydrogens (primary N) is 1. The fourth-order valence-electron chi connectivity index (χ4n) is 1.98. The van der Waals surface area contributed by atoms with E-state index in [9.17, 15) is 4.79 Å². The van der Waals surface area contributed by atoms with Crippen LogP contribution in [0.15, 0.2) is 18.2 Å². The second kappa shape index (κ2) is 7.17. The highest BCUT2D eigenvalue weighted by Crippen LogP contribution is 2.25. The van der Waals surface area contributed by atoms with Gasteiger partial charge in [-0.3, -0.25) is 4.79 Å². The van der Waals surface area contributed by atoms with Crippen molar-refractivity contribution in [3.8, 4) is 5.75 Å². The number of hydrogen-bond acceptors (Lipinski definition) is 3. The van der Waals surface area contributed by atoms with Gasteiger partial charge in [-0.15, -0.1) is 0 Å². The molecule has 0 saturated heterocycles. The van der Waals surface area contributed by atoms with Crippen molar-refractivity contribution in [2.24, 2.45) is 11.8 Å². The molecule has 0 unspecified atom stereocenters. The molecule has 2 N–H and O–H groups in total. The zero-order chi connectivity index (χ0) is 14.4. The van der Waals surface area contributed by atoms with Crippen LogP contribution in [0, 0.1) is 11.8 Å². The molecule has 0 aliphatic carbocycles. The van der Waals surface area contributed by atoms with Gasteiger partial charge >= 0.3 is 0 Å². The molecule has 1 aromatic rings. The van der Waals surface area contributed by atoms with Crippen molar-refractivity contribution in [2.45, 2.75) is 40.5 Å². The smallest absolute Gasteiger partial charge is 0.165 e. The topological polar surface area (TPSA) is 52.3 Å². The maximum Gasteiger partial charge on any atom is 0.165 e. The lowest BCUT2D eigenvalue weighted by molar-refractivity contribution is 0.0913. The summed E-state index contributed by atoms with van der Waals surface area (Å²) in [5.41, 5.74) is 7.17. The lowest BCUT2D eigenvalue weighted by Gasteiger charge is -2.14. The van der Waals surface area contributed by atoms with Crippen molar-refractivity contribution in [2.75, 3.05) is 12.3 Å². The van der Waals surface area contributed by atoms with E-state index >= 15 is 0 Å². The van der Waals surface area contributed by atoms with E-state index in [4.69, 9.17) is 10.5 Å². The van der Waals surface area contributed by atoms with Gasteiger partial charge < -0.3 is 10.5 Å². The largest absolute Gasteiger partial charge is 0.491 e. The van der Waals surface area contributed by atoms with Crippen LogP contribution in [0.25, 0.3) is 0 Å². The molecule has 0 heterocycles. The van der Waals surface area contributed by atoms with E-state index in [-0.39, 0.29) is 11.7 Å². The molecular weight excluding hydrogens is 238 g/mol. The Labute approximate surface area is 116 Å². The Kier molecular flexibility index (Phi) is 5.87. The number of ether oxygens (including phenoxy) is 1. The number of ketones is 1. The van der Waals surface area contributed by atoms with Gasteiger partial charge in [0.1, 0.15) is 5.75 Å². The summed E-state index contributed by atoms with van der Waals surface area (Å²) in [5.74, 6) is 1.37. The van der Waals surface area contributed by atoms with E-state index in [0.717, 1.165) is 12.8 Å². The Morgan fingerprint density at radius 1 is 1.26 bits per heavy atom. The van der Waals surface area contributed by atoms with Crippen LogP contribution in [0.4, 0.5) is 5.69 Å². The van der Waals surface area contributed by atoms with Crippen LogP contribution in [-0.2, 0) is 0 Å². The first-order valence-electron chi connectivity index (χ1n) is 7.06. The number of hydrogen-bond donors (Lipinski definition) is 1. The fraction of sp³-hybridized carbons (Fsp3) is 0.562. The molecule has 0 bridgehead atoms. The molecule has 19 heavy (non-hydrogen) atoms. The summed E-state index contributed by atoms with van der Waals surface area (Å²) in [5, 5.41) is 0. The summed E-state index contributed by atoms with van der Waals surface area (Å²) in [4.78, 5) is 12.2. The molecule has 0 aromatic heterocycles. The minimum atomic E-state index is 0.0850. The van der Waals surface area contributed by atoms with E-state index < -0.39 is 0 Å². The zero-order valence-corrected chi connectivity index (χ0v) is 12.4. The number of benzene rings is 1. The standard InChI is InChI=1S/C16H25NO2/c1-5-12(6-2)16(18)13-7-8-15(14(17)9-13)19-10-11(3)4/h7-9,11-12H,5-6,10,17H2,1-4H3. The number of anilines is 1. The highest BCUT2D eigenvalue weighted by Gasteiger charge is 2.17. The average Bonchev–Trinajstić information content (AvgIpc) is 2.38. The van der Waals surface area contributed by atoms with Crippen molar-refractivity contribution >= 4 is 11.5 Å². The SMILES string of the molecule is CCC(CC)C(=O)c1ccc(OCC(C)C)c(N)c1. The maximum absolute atomic E-state index is 12.2. The molecule has 0 radical (unpaired) electrons. The Bertz CT molecular complexity index is 423. The number of nitrogen functional groups attached to an aromatic ring is 1. The lowest BCUT2D eigenvalue weighted by atomic mass is 9.93. The fourth-order valence-corrected chi connectivity index (χ4v) is 1.98. The minimum absolute atomic E-state index is 0.0850. The lowest BCUT2D eigenvalue weighted by Crippen LogP contribution is -2.13. The predicted molar refractivity (Wildman–Crippen MR) is 79.6 cm³/mol. The first-order valence-corrected chi connectivity index (χ1v) is 7.06. The maximum atomic E-state index is 12.2. The average molecular weight is 263 g/mol. The van der Waals surface area contributed by atoms with Crippen LogP contribution in [0.5, 0.6) is 5.75 Å². The quantitative estimate of drug-likeness (QED) is 0.599. The van der Waals surface area contributed by atoms with Gasteiger partial charge in [-0.1, -0.05) is 27.7 Å². The monoisotopic (exact) mass is 263 g/mol. The molecule has 3 heteroatoms. The van der Waals surface area contributed by atoms with Crippen molar-refractivity contribution < 1.29 is 9.53 Å². The summed E-state index contributed by atoms with van der Waals surface area (Å²) in [7, 11) is 0. The number of rotatable bonds is 7. The third-order valence-corrected chi connectivity index (χ3v) is 3.22. The molecule has 1 rings (SSSR count). The van der Waals surface area contributed by atoms with Gasteiger partial charge in [-0.2, -0.15) is 0 Å². The molecule has 0 spiro atoms. The molecule has 0 aliphatic heterocycles. The van der Waals surface area contributed by atoms with Crippen molar-refractivity contribution in [1.29, 1.82) is 0 Å². The van der Waals surface area contributed by atoms with Crippen molar-refractivity contribution in [1.82, 2.24) is 0 Å². The van der Waals surface area contributed by atoms with Gasteiger partial charge in [-0.05, 0) is 37.0 Å². The third-order valence-electron chi connectivity index (χ3n) is 3.22. The highest BCUT2D eigenvalue weighted by atomic mass is 16.5. The molecular formula is C16H25NO2. The molecule has 0 atom stereocenters. The summed E-state index contributed by atoms with van der Waals surface area (Å²) in [6.07, 6.45) is 1.72. The first-order chi connectivity index (χ1) is 8.99. The van der Waals surface area contributed by atoms with Crippen molar-refractivity contribution in [3.05, 3.63) is 23.8 Å². The van der Waals surface area contributed by atoms with E-state index in [1.54, 1.807) is 12.1 Å².